The van der Waals surface area contributed by atoms with Gasteiger partial charge in [0.2, 0.25) is 0 Å². The molecule has 0 spiro atoms. The fourth-order valence-electron chi connectivity index (χ4n) is 0.709. The maximum atomic E-state index is 10.3. The first-order valence-corrected chi connectivity index (χ1v) is 4.61. The summed E-state index contributed by atoms with van der Waals surface area (Å²) < 4.78 is 14.6. The van der Waals surface area contributed by atoms with Crippen LogP contribution in [-0.4, -0.2) is 9.79 Å². The van der Waals surface area contributed by atoms with E-state index >= 15 is 0 Å². The molecule has 0 atom stereocenters. The minimum atomic E-state index is -4.46. The highest BCUT2D eigenvalue weighted by atomic mass is 31.2. The monoisotopic (exact) mass is 186 g/mol. The van der Waals surface area contributed by atoms with E-state index in [0.29, 0.717) is 5.56 Å². The topological polar surface area (TPSA) is 66.8 Å². The molecule has 1 aromatic carbocycles. The molecule has 0 aromatic heterocycles. The SMILES string of the molecule is [CH]c1cccc(OP(=O)(O)O)c1. The highest BCUT2D eigenvalue weighted by Crippen LogP contribution is 2.37. The third-order valence-corrected chi connectivity index (χ3v) is 1.53. The van der Waals surface area contributed by atoms with Crippen LogP contribution in [0.15, 0.2) is 24.3 Å². The molecule has 0 aliphatic carbocycles. The van der Waals surface area contributed by atoms with Crippen molar-refractivity contribution in [3.8, 4) is 5.75 Å². The van der Waals surface area contributed by atoms with Crippen molar-refractivity contribution < 1.29 is 18.9 Å². The van der Waals surface area contributed by atoms with Crippen LogP contribution in [-0.2, 0) is 4.57 Å². The van der Waals surface area contributed by atoms with Gasteiger partial charge in [-0.05, 0) is 24.6 Å². The van der Waals surface area contributed by atoms with Gasteiger partial charge in [0.05, 0.1) is 0 Å². The molecule has 0 amide bonds. The van der Waals surface area contributed by atoms with Gasteiger partial charge in [-0.3, -0.25) is 9.79 Å². The highest BCUT2D eigenvalue weighted by molar-refractivity contribution is 7.46. The fraction of sp³-hybridized carbons (Fsp3) is 0. The lowest BCUT2D eigenvalue weighted by Crippen LogP contribution is -1.89. The Morgan fingerprint density at radius 2 is 2.08 bits per heavy atom. The van der Waals surface area contributed by atoms with Gasteiger partial charge in [0, 0.05) is 0 Å². The zero-order chi connectivity index (χ0) is 9.19. The molecule has 0 fully saturated rings. The summed E-state index contributed by atoms with van der Waals surface area (Å²) in [5, 5.41) is 0. The molecule has 0 heterocycles. The molecule has 0 aliphatic rings. The first kappa shape index (κ1) is 9.26. The smallest absolute Gasteiger partial charge is 0.404 e. The van der Waals surface area contributed by atoms with E-state index in [1.54, 1.807) is 12.1 Å². The Hall–Kier alpha value is -0.830. The Bertz CT molecular complexity index is 317. The number of rotatable bonds is 2. The summed E-state index contributed by atoms with van der Waals surface area (Å²) in [6.07, 6.45) is 0. The van der Waals surface area contributed by atoms with Gasteiger partial charge in [0.25, 0.3) is 0 Å². The van der Waals surface area contributed by atoms with Crippen molar-refractivity contribution >= 4 is 7.82 Å². The highest BCUT2D eigenvalue weighted by Gasteiger charge is 2.15. The molecule has 1 aromatic rings. The van der Waals surface area contributed by atoms with Crippen molar-refractivity contribution in [3.63, 3.8) is 0 Å². The van der Waals surface area contributed by atoms with Gasteiger partial charge in [0.15, 0.2) is 0 Å². The van der Waals surface area contributed by atoms with E-state index in [9.17, 15) is 4.57 Å². The lowest BCUT2D eigenvalue weighted by Gasteiger charge is -2.06. The van der Waals surface area contributed by atoms with Crippen LogP contribution in [0.25, 0.3) is 0 Å². The van der Waals surface area contributed by atoms with Crippen LogP contribution < -0.4 is 4.52 Å². The Morgan fingerprint density at radius 1 is 1.42 bits per heavy atom. The van der Waals surface area contributed by atoms with Gasteiger partial charge in [-0.25, -0.2) is 4.57 Å². The normalized spacial score (nSPS) is 11.2. The van der Waals surface area contributed by atoms with E-state index in [0.717, 1.165) is 0 Å². The zero-order valence-electron chi connectivity index (χ0n) is 6.04. The molecule has 2 radical (unpaired) electrons. The fourth-order valence-corrected chi connectivity index (χ4v) is 1.10. The third kappa shape index (κ3) is 3.05. The maximum absolute atomic E-state index is 10.3. The van der Waals surface area contributed by atoms with Gasteiger partial charge in [0.1, 0.15) is 5.75 Å². The average Bonchev–Trinajstić information content (AvgIpc) is 1.82. The minimum absolute atomic E-state index is 0.0586. The maximum Gasteiger partial charge on any atom is 0.524 e. The van der Waals surface area contributed by atoms with Crippen LogP contribution in [0.4, 0.5) is 0 Å². The quantitative estimate of drug-likeness (QED) is 0.681. The van der Waals surface area contributed by atoms with Gasteiger partial charge >= 0.3 is 7.82 Å². The van der Waals surface area contributed by atoms with E-state index < -0.39 is 7.82 Å². The molecule has 0 saturated carbocycles. The molecule has 64 valence electrons. The second-order valence-corrected chi connectivity index (χ2v) is 3.32. The lowest BCUT2D eigenvalue weighted by atomic mass is 10.2. The molecule has 2 N–H and O–H groups in total. The Labute approximate surface area is 70.0 Å². The summed E-state index contributed by atoms with van der Waals surface area (Å²) >= 11 is 0. The van der Waals surface area contributed by atoms with Crippen LogP contribution in [0.2, 0.25) is 0 Å². The lowest BCUT2D eigenvalue weighted by molar-refractivity contribution is 0.283. The zero-order valence-corrected chi connectivity index (χ0v) is 6.94. The molecule has 12 heavy (non-hydrogen) atoms. The first-order valence-electron chi connectivity index (χ1n) is 3.08. The van der Waals surface area contributed by atoms with Gasteiger partial charge < -0.3 is 4.52 Å². The van der Waals surface area contributed by atoms with Crippen molar-refractivity contribution in [3.05, 3.63) is 36.8 Å². The second-order valence-electron chi connectivity index (χ2n) is 2.15. The third-order valence-electron chi connectivity index (χ3n) is 1.08. The van der Waals surface area contributed by atoms with Crippen molar-refractivity contribution in [1.82, 2.24) is 0 Å². The molecule has 0 bridgehead atoms. The molecule has 4 nitrogen and oxygen atoms in total. The molecule has 5 heteroatoms. The predicted octanol–water partition coefficient (Wildman–Crippen LogP) is 1.22. The van der Waals surface area contributed by atoms with E-state index in [4.69, 9.17) is 16.7 Å². The van der Waals surface area contributed by atoms with Crippen LogP contribution in [0, 0.1) is 6.92 Å². The average molecular weight is 186 g/mol. The van der Waals surface area contributed by atoms with E-state index in [-0.39, 0.29) is 5.75 Å². The number of phosphoric acid groups is 1. The molecular formula is C7H7O4P. The van der Waals surface area contributed by atoms with Gasteiger partial charge in [-0.15, -0.1) is 0 Å². The van der Waals surface area contributed by atoms with Crippen LogP contribution >= 0.6 is 7.82 Å². The Kier molecular flexibility index (Phi) is 2.52. The van der Waals surface area contributed by atoms with E-state index in [1.807, 2.05) is 0 Å². The predicted molar refractivity (Wildman–Crippen MR) is 42.5 cm³/mol. The van der Waals surface area contributed by atoms with Crippen LogP contribution in [0.5, 0.6) is 5.75 Å². The molecule has 0 aliphatic heterocycles. The Balaban J connectivity index is 2.84. The summed E-state index contributed by atoms with van der Waals surface area (Å²) in [6, 6.07) is 5.88. The van der Waals surface area contributed by atoms with E-state index in [2.05, 4.69) is 4.52 Å². The number of hydrogen-bond acceptors (Lipinski definition) is 2. The number of hydrogen-bond donors (Lipinski definition) is 2. The van der Waals surface area contributed by atoms with Crippen LogP contribution in [0.1, 0.15) is 5.56 Å². The largest absolute Gasteiger partial charge is 0.524 e. The standard InChI is InChI=1S/C7H7O4P/c1-6-3-2-4-7(5-6)11-12(8,9)10/h1-5H,(H2,8,9,10). The summed E-state index contributed by atoms with van der Waals surface area (Å²) in [5.74, 6) is 0.0586. The Morgan fingerprint density at radius 3 is 2.58 bits per heavy atom. The minimum Gasteiger partial charge on any atom is -0.404 e. The van der Waals surface area contributed by atoms with Crippen molar-refractivity contribution in [1.29, 1.82) is 0 Å². The summed E-state index contributed by atoms with van der Waals surface area (Å²) in [6.45, 7) is 5.34. The van der Waals surface area contributed by atoms with E-state index in [1.165, 1.54) is 12.1 Å². The number of phosphoric ester groups is 1. The summed E-state index contributed by atoms with van der Waals surface area (Å²) in [5.41, 5.74) is 0.390. The van der Waals surface area contributed by atoms with Crippen molar-refractivity contribution in [2.45, 2.75) is 0 Å². The van der Waals surface area contributed by atoms with Crippen molar-refractivity contribution in [2.75, 3.05) is 0 Å². The van der Waals surface area contributed by atoms with Gasteiger partial charge in [-0.2, -0.15) is 0 Å². The number of benzene rings is 1. The summed E-state index contributed by atoms with van der Waals surface area (Å²) in [4.78, 5) is 16.8. The molecule has 0 saturated heterocycles. The molecule has 0 unspecified atom stereocenters. The summed E-state index contributed by atoms with van der Waals surface area (Å²) in [7, 11) is -4.46. The molecule has 1 rings (SSSR count). The van der Waals surface area contributed by atoms with Gasteiger partial charge in [-0.1, -0.05) is 12.1 Å². The van der Waals surface area contributed by atoms with Crippen molar-refractivity contribution in [2.24, 2.45) is 0 Å². The molecular weight excluding hydrogens is 179 g/mol. The second kappa shape index (κ2) is 3.27. The first-order chi connectivity index (χ1) is 5.47. The van der Waals surface area contributed by atoms with Crippen LogP contribution in [0.3, 0.4) is 0 Å².